The van der Waals surface area contributed by atoms with Gasteiger partial charge in [0, 0.05) is 17.3 Å². The summed E-state index contributed by atoms with van der Waals surface area (Å²) in [5.74, 6) is -0.206. The molecule has 1 aromatic rings. The molecule has 0 bridgehead atoms. The largest absolute Gasteiger partial charge is 0.467 e. The van der Waals surface area contributed by atoms with Gasteiger partial charge in [0.15, 0.2) is 0 Å². The van der Waals surface area contributed by atoms with Gasteiger partial charge in [-0.25, -0.2) is 4.79 Å². The minimum Gasteiger partial charge on any atom is -0.467 e. The second-order valence-corrected chi connectivity index (χ2v) is 5.97. The van der Waals surface area contributed by atoms with E-state index in [9.17, 15) is 4.79 Å². The van der Waals surface area contributed by atoms with Gasteiger partial charge in [-0.05, 0) is 53.7 Å². The number of methoxy groups -OCH3 is 2. The molecular weight excluding hydrogens is 322 g/mol. The van der Waals surface area contributed by atoms with Gasteiger partial charge in [-0.15, -0.1) is 0 Å². The highest BCUT2D eigenvalue weighted by molar-refractivity contribution is 9.10. The number of anilines is 1. The molecule has 0 amide bonds. The maximum absolute atomic E-state index is 12.3. The van der Waals surface area contributed by atoms with Gasteiger partial charge in [-0.1, -0.05) is 12.1 Å². The maximum atomic E-state index is 12.3. The van der Waals surface area contributed by atoms with Crippen LogP contribution in [0.3, 0.4) is 0 Å². The SMILES string of the molecule is COC(=O)C1(Nc2ccccc2Br)CCC(OC)CC1. The van der Waals surface area contributed by atoms with Crippen LogP contribution in [0.25, 0.3) is 0 Å². The highest BCUT2D eigenvalue weighted by Crippen LogP contribution is 2.35. The topological polar surface area (TPSA) is 47.6 Å². The molecule has 1 aromatic carbocycles. The molecule has 1 aliphatic rings. The van der Waals surface area contributed by atoms with Crippen molar-refractivity contribution in [2.75, 3.05) is 19.5 Å². The van der Waals surface area contributed by atoms with Crippen molar-refractivity contribution in [3.8, 4) is 0 Å². The molecule has 0 unspecified atom stereocenters. The van der Waals surface area contributed by atoms with Crippen molar-refractivity contribution in [3.05, 3.63) is 28.7 Å². The number of carbonyl (C=O) groups excluding carboxylic acids is 1. The molecule has 0 atom stereocenters. The zero-order valence-electron chi connectivity index (χ0n) is 11.8. The smallest absolute Gasteiger partial charge is 0.331 e. The van der Waals surface area contributed by atoms with E-state index >= 15 is 0 Å². The highest BCUT2D eigenvalue weighted by atomic mass is 79.9. The van der Waals surface area contributed by atoms with Gasteiger partial charge < -0.3 is 14.8 Å². The summed E-state index contributed by atoms with van der Waals surface area (Å²) in [6.07, 6.45) is 3.35. The predicted molar refractivity (Wildman–Crippen MR) is 81.8 cm³/mol. The van der Waals surface area contributed by atoms with Gasteiger partial charge in [0.1, 0.15) is 5.54 Å². The van der Waals surface area contributed by atoms with Crippen LogP contribution in [0.15, 0.2) is 28.7 Å². The molecule has 1 fully saturated rings. The standard InChI is InChI=1S/C15H20BrNO3/c1-19-11-7-9-15(10-8-11,14(18)20-2)17-13-6-4-3-5-12(13)16/h3-6,11,17H,7-10H2,1-2H3. The average Bonchev–Trinajstić information content (AvgIpc) is 2.49. The first-order chi connectivity index (χ1) is 9.61. The Morgan fingerprint density at radius 2 is 1.95 bits per heavy atom. The monoisotopic (exact) mass is 341 g/mol. The Labute approximate surface area is 128 Å². The van der Waals surface area contributed by atoms with E-state index in [-0.39, 0.29) is 12.1 Å². The van der Waals surface area contributed by atoms with E-state index < -0.39 is 5.54 Å². The van der Waals surface area contributed by atoms with Crippen LogP contribution in [0.4, 0.5) is 5.69 Å². The zero-order valence-corrected chi connectivity index (χ0v) is 13.4. The summed E-state index contributed by atoms with van der Waals surface area (Å²) in [6, 6.07) is 7.80. The molecule has 1 N–H and O–H groups in total. The van der Waals surface area contributed by atoms with E-state index in [1.54, 1.807) is 7.11 Å². The number of para-hydroxylation sites is 1. The summed E-state index contributed by atoms with van der Waals surface area (Å²) in [6.45, 7) is 0. The van der Waals surface area contributed by atoms with Crippen molar-refractivity contribution < 1.29 is 14.3 Å². The van der Waals surface area contributed by atoms with Crippen LogP contribution in [0.2, 0.25) is 0 Å². The lowest BCUT2D eigenvalue weighted by Crippen LogP contribution is -2.50. The number of esters is 1. The fourth-order valence-corrected chi connectivity index (χ4v) is 3.10. The van der Waals surface area contributed by atoms with Crippen LogP contribution in [-0.2, 0) is 14.3 Å². The van der Waals surface area contributed by atoms with Gasteiger partial charge in [0.05, 0.1) is 13.2 Å². The maximum Gasteiger partial charge on any atom is 0.331 e. The van der Waals surface area contributed by atoms with Crippen molar-refractivity contribution in [1.29, 1.82) is 0 Å². The molecular formula is C15H20BrNO3. The van der Waals surface area contributed by atoms with Crippen LogP contribution >= 0.6 is 15.9 Å². The van der Waals surface area contributed by atoms with Crippen LogP contribution in [-0.4, -0.2) is 31.8 Å². The third-order valence-electron chi connectivity index (χ3n) is 3.94. The van der Waals surface area contributed by atoms with E-state index in [0.29, 0.717) is 12.8 Å². The third kappa shape index (κ3) is 3.15. The van der Waals surface area contributed by atoms with Crippen molar-refractivity contribution in [3.63, 3.8) is 0 Å². The van der Waals surface area contributed by atoms with E-state index in [1.165, 1.54) is 7.11 Å². The summed E-state index contributed by atoms with van der Waals surface area (Å²) in [7, 11) is 3.16. The third-order valence-corrected chi connectivity index (χ3v) is 4.63. The number of benzene rings is 1. The number of hydrogen-bond donors (Lipinski definition) is 1. The molecule has 4 nitrogen and oxygen atoms in total. The van der Waals surface area contributed by atoms with Gasteiger partial charge in [0.25, 0.3) is 0 Å². The zero-order chi connectivity index (χ0) is 14.6. The predicted octanol–water partition coefficient (Wildman–Crippen LogP) is 3.36. The van der Waals surface area contributed by atoms with Crippen molar-refractivity contribution in [2.45, 2.75) is 37.3 Å². The van der Waals surface area contributed by atoms with Crippen LogP contribution in [0, 0.1) is 0 Å². The summed E-state index contributed by atoms with van der Waals surface area (Å²) in [5.41, 5.74) is 0.252. The Bertz CT molecular complexity index is 470. The Morgan fingerprint density at radius 3 is 2.50 bits per heavy atom. The lowest BCUT2D eigenvalue weighted by molar-refractivity contribution is -0.148. The van der Waals surface area contributed by atoms with Gasteiger partial charge in [-0.2, -0.15) is 0 Å². The summed E-state index contributed by atoms with van der Waals surface area (Å²) < 4.78 is 11.3. The number of rotatable bonds is 4. The minimum atomic E-state index is -0.659. The Balaban J connectivity index is 2.21. The molecule has 0 aliphatic heterocycles. The first kappa shape index (κ1) is 15.3. The first-order valence-electron chi connectivity index (χ1n) is 6.75. The lowest BCUT2D eigenvalue weighted by atomic mass is 9.80. The quantitative estimate of drug-likeness (QED) is 0.853. The molecule has 5 heteroatoms. The number of carbonyl (C=O) groups is 1. The molecule has 0 aromatic heterocycles. The fourth-order valence-electron chi connectivity index (χ4n) is 2.72. The Morgan fingerprint density at radius 1 is 1.30 bits per heavy atom. The summed E-state index contributed by atoms with van der Waals surface area (Å²) in [4.78, 5) is 12.3. The van der Waals surface area contributed by atoms with E-state index in [0.717, 1.165) is 23.0 Å². The molecule has 110 valence electrons. The molecule has 1 saturated carbocycles. The Hall–Kier alpha value is -1.07. The second kappa shape index (κ2) is 6.59. The van der Waals surface area contributed by atoms with Crippen molar-refractivity contribution >= 4 is 27.6 Å². The first-order valence-corrected chi connectivity index (χ1v) is 7.54. The summed E-state index contributed by atoms with van der Waals surface area (Å²) in [5, 5.41) is 3.38. The average molecular weight is 342 g/mol. The Kier molecular flexibility index (Phi) is 5.05. The molecule has 20 heavy (non-hydrogen) atoms. The minimum absolute atomic E-state index is 0.206. The van der Waals surface area contributed by atoms with Crippen molar-refractivity contribution in [1.82, 2.24) is 0 Å². The number of halogens is 1. The van der Waals surface area contributed by atoms with E-state index in [1.807, 2.05) is 24.3 Å². The second-order valence-electron chi connectivity index (χ2n) is 5.11. The number of nitrogens with one attached hydrogen (secondary N) is 1. The van der Waals surface area contributed by atoms with Gasteiger partial charge in [0.2, 0.25) is 0 Å². The number of ether oxygens (including phenoxy) is 2. The normalized spacial score (nSPS) is 26.1. The lowest BCUT2D eigenvalue weighted by Gasteiger charge is -2.38. The molecule has 0 heterocycles. The van der Waals surface area contributed by atoms with Crippen LogP contribution < -0.4 is 5.32 Å². The summed E-state index contributed by atoms with van der Waals surface area (Å²) >= 11 is 3.50. The molecule has 0 saturated heterocycles. The van der Waals surface area contributed by atoms with E-state index in [2.05, 4.69) is 21.2 Å². The molecule has 0 spiro atoms. The molecule has 2 rings (SSSR count). The molecule has 0 radical (unpaired) electrons. The van der Waals surface area contributed by atoms with Gasteiger partial charge >= 0.3 is 5.97 Å². The number of hydrogen-bond acceptors (Lipinski definition) is 4. The van der Waals surface area contributed by atoms with Gasteiger partial charge in [-0.3, -0.25) is 0 Å². The van der Waals surface area contributed by atoms with Crippen LogP contribution in [0.1, 0.15) is 25.7 Å². The van der Waals surface area contributed by atoms with E-state index in [4.69, 9.17) is 9.47 Å². The van der Waals surface area contributed by atoms with Crippen molar-refractivity contribution in [2.24, 2.45) is 0 Å². The fraction of sp³-hybridized carbons (Fsp3) is 0.533. The highest BCUT2D eigenvalue weighted by Gasteiger charge is 2.43. The van der Waals surface area contributed by atoms with Crippen LogP contribution in [0.5, 0.6) is 0 Å². The molecule has 1 aliphatic carbocycles.